The van der Waals surface area contributed by atoms with Crippen molar-refractivity contribution < 1.29 is 18.0 Å². The molecule has 0 spiro atoms. The third kappa shape index (κ3) is 4.87. The van der Waals surface area contributed by atoms with Gasteiger partial charge in [-0.2, -0.15) is 13.2 Å². The molecule has 0 unspecified atom stereocenters. The summed E-state index contributed by atoms with van der Waals surface area (Å²) >= 11 is 0. The Bertz CT molecular complexity index is 351. The average molecular weight is 306 g/mol. The molecule has 2 rings (SSSR count). The van der Waals surface area contributed by atoms with Gasteiger partial charge >= 0.3 is 6.18 Å². The Morgan fingerprint density at radius 2 is 1.76 bits per heavy atom. The molecule has 1 amide bonds. The Labute approximate surface area is 123 Å². The largest absolute Gasteiger partial charge is 0.391 e. The molecule has 2 atom stereocenters. The first kappa shape index (κ1) is 16.6. The first-order valence-electron chi connectivity index (χ1n) is 7.95. The van der Waals surface area contributed by atoms with Gasteiger partial charge in [-0.05, 0) is 50.4 Å². The average Bonchev–Trinajstić information content (AvgIpc) is 2.81. The van der Waals surface area contributed by atoms with Crippen molar-refractivity contribution in [2.24, 2.45) is 23.5 Å². The monoisotopic (exact) mass is 306 g/mol. The summed E-state index contributed by atoms with van der Waals surface area (Å²) in [5, 5.41) is 2.88. The van der Waals surface area contributed by atoms with E-state index >= 15 is 0 Å². The van der Waals surface area contributed by atoms with Crippen LogP contribution in [0.15, 0.2) is 0 Å². The normalized spacial score (nSPS) is 33.9. The van der Waals surface area contributed by atoms with Crippen LogP contribution in [0.4, 0.5) is 13.2 Å². The highest BCUT2D eigenvalue weighted by Gasteiger charge is 2.41. The summed E-state index contributed by atoms with van der Waals surface area (Å²) in [5.41, 5.74) is 5.94. The highest BCUT2D eigenvalue weighted by Crippen LogP contribution is 2.39. The highest BCUT2D eigenvalue weighted by atomic mass is 19.4. The van der Waals surface area contributed by atoms with Crippen molar-refractivity contribution in [3.63, 3.8) is 0 Å². The molecule has 0 aromatic heterocycles. The van der Waals surface area contributed by atoms with Crippen molar-refractivity contribution in [3.8, 4) is 0 Å². The lowest BCUT2D eigenvalue weighted by Crippen LogP contribution is -2.36. The zero-order chi connectivity index (χ0) is 15.5. The lowest BCUT2D eigenvalue weighted by Gasteiger charge is -2.30. The Balaban J connectivity index is 1.64. The molecular weight excluding hydrogens is 281 g/mol. The third-order valence-electron chi connectivity index (χ3n) is 5.06. The molecule has 0 aliphatic heterocycles. The van der Waals surface area contributed by atoms with E-state index in [1.807, 2.05) is 0 Å². The third-order valence-corrected chi connectivity index (χ3v) is 5.06. The zero-order valence-electron chi connectivity index (χ0n) is 12.3. The quantitative estimate of drug-likeness (QED) is 0.839. The van der Waals surface area contributed by atoms with Crippen LogP contribution in [0.1, 0.15) is 51.4 Å². The van der Waals surface area contributed by atoms with Crippen molar-refractivity contribution in [3.05, 3.63) is 0 Å². The fourth-order valence-electron chi connectivity index (χ4n) is 3.58. The highest BCUT2D eigenvalue weighted by molar-refractivity contribution is 5.76. The van der Waals surface area contributed by atoms with Gasteiger partial charge in [0.15, 0.2) is 0 Å². The molecule has 2 aliphatic carbocycles. The van der Waals surface area contributed by atoms with E-state index in [0.29, 0.717) is 25.8 Å². The van der Waals surface area contributed by atoms with Crippen LogP contribution in [-0.4, -0.2) is 24.7 Å². The molecule has 0 bridgehead atoms. The van der Waals surface area contributed by atoms with Gasteiger partial charge in [-0.3, -0.25) is 4.79 Å². The van der Waals surface area contributed by atoms with Crippen molar-refractivity contribution in [1.29, 1.82) is 0 Å². The van der Waals surface area contributed by atoms with Gasteiger partial charge in [-0.1, -0.05) is 6.42 Å². The molecular formula is C15H25F3N2O. The van der Waals surface area contributed by atoms with Crippen LogP contribution in [-0.2, 0) is 4.79 Å². The number of nitrogens with two attached hydrogens (primary N) is 1. The van der Waals surface area contributed by atoms with E-state index in [4.69, 9.17) is 5.73 Å². The minimum absolute atomic E-state index is 0.00436. The molecule has 2 aliphatic rings. The van der Waals surface area contributed by atoms with E-state index in [2.05, 4.69) is 5.32 Å². The zero-order valence-corrected chi connectivity index (χ0v) is 12.3. The summed E-state index contributed by atoms with van der Waals surface area (Å²) in [4.78, 5) is 11.9. The van der Waals surface area contributed by atoms with Gasteiger partial charge < -0.3 is 11.1 Å². The summed E-state index contributed by atoms with van der Waals surface area (Å²) in [6.07, 6.45) is 0.951. The van der Waals surface area contributed by atoms with Gasteiger partial charge in [0.1, 0.15) is 0 Å². The Morgan fingerprint density at radius 3 is 2.29 bits per heavy atom. The first-order valence-corrected chi connectivity index (χ1v) is 7.95. The summed E-state index contributed by atoms with van der Waals surface area (Å²) in [6, 6.07) is 0.123. The molecule has 6 heteroatoms. The van der Waals surface area contributed by atoms with Gasteiger partial charge in [0, 0.05) is 19.0 Å². The number of amides is 1. The molecule has 122 valence electrons. The molecule has 2 saturated carbocycles. The minimum atomic E-state index is -4.06. The number of alkyl halides is 3. The molecule has 0 aromatic rings. The van der Waals surface area contributed by atoms with Crippen LogP contribution in [0.25, 0.3) is 0 Å². The summed E-state index contributed by atoms with van der Waals surface area (Å²) in [5.74, 6) is -0.702. The summed E-state index contributed by atoms with van der Waals surface area (Å²) in [7, 11) is 0. The smallest absolute Gasteiger partial charge is 0.356 e. The van der Waals surface area contributed by atoms with E-state index in [-0.39, 0.29) is 36.6 Å². The number of nitrogens with one attached hydrogen (secondary N) is 1. The lowest BCUT2D eigenvalue weighted by atomic mass is 9.81. The molecule has 0 heterocycles. The van der Waals surface area contributed by atoms with Crippen LogP contribution in [0.2, 0.25) is 0 Å². The first-order chi connectivity index (χ1) is 9.86. The summed E-state index contributed by atoms with van der Waals surface area (Å²) in [6.45, 7) is 0.505. The molecule has 3 nitrogen and oxygen atoms in total. The van der Waals surface area contributed by atoms with E-state index in [9.17, 15) is 18.0 Å². The van der Waals surface area contributed by atoms with Gasteiger partial charge in [0.25, 0.3) is 0 Å². The number of hydrogen-bond donors (Lipinski definition) is 2. The van der Waals surface area contributed by atoms with Crippen molar-refractivity contribution in [2.75, 3.05) is 6.54 Å². The summed E-state index contributed by atoms with van der Waals surface area (Å²) < 4.78 is 37.7. The topological polar surface area (TPSA) is 55.1 Å². The predicted molar refractivity (Wildman–Crippen MR) is 74.4 cm³/mol. The number of halogens is 3. The maximum Gasteiger partial charge on any atom is 0.391 e. The maximum absolute atomic E-state index is 12.6. The van der Waals surface area contributed by atoms with E-state index < -0.39 is 12.1 Å². The minimum Gasteiger partial charge on any atom is -0.356 e. The molecule has 0 aromatic carbocycles. The molecule has 21 heavy (non-hydrogen) atoms. The second-order valence-electron chi connectivity index (χ2n) is 6.62. The van der Waals surface area contributed by atoms with Crippen molar-refractivity contribution >= 4 is 5.91 Å². The molecule has 2 fully saturated rings. The van der Waals surface area contributed by atoms with Crippen LogP contribution in [0.5, 0.6) is 0 Å². The van der Waals surface area contributed by atoms with E-state index in [1.165, 1.54) is 0 Å². The predicted octanol–water partition coefficient (Wildman–Crippen LogP) is 2.99. The SMILES string of the molecule is N[C@@H]1CCC[C@H]1CC(=O)NCC1CCC(C(F)(F)F)CC1. The van der Waals surface area contributed by atoms with E-state index in [0.717, 1.165) is 19.3 Å². The van der Waals surface area contributed by atoms with E-state index in [1.54, 1.807) is 0 Å². The van der Waals surface area contributed by atoms with Crippen molar-refractivity contribution in [2.45, 2.75) is 63.6 Å². The second kappa shape index (κ2) is 6.99. The Hall–Kier alpha value is -0.780. The lowest BCUT2D eigenvalue weighted by molar-refractivity contribution is -0.183. The van der Waals surface area contributed by atoms with Gasteiger partial charge in [0.2, 0.25) is 5.91 Å². The van der Waals surface area contributed by atoms with Crippen LogP contribution in [0.3, 0.4) is 0 Å². The van der Waals surface area contributed by atoms with Gasteiger partial charge in [-0.25, -0.2) is 0 Å². The maximum atomic E-state index is 12.6. The Kier molecular flexibility index (Phi) is 5.52. The second-order valence-corrected chi connectivity index (χ2v) is 6.62. The standard InChI is InChI=1S/C15H25F3N2O/c16-15(17,18)12-6-4-10(5-7-12)9-20-14(21)8-11-2-1-3-13(11)19/h10-13H,1-9,19H2,(H,20,21)/t10?,11-,12?,13+/m0/s1. The molecule has 0 saturated heterocycles. The van der Waals surface area contributed by atoms with Crippen LogP contribution >= 0.6 is 0 Å². The molecule has 0 radical (unpaired) electrons. The number of hydrogen-bond acceptors (Lipinski definition) is 2. The molecule has 3 N–H and O–H groups in total. The van der Waals surface area contributed by atoms with Crippen LogP contribution in [0, 0.1) is 17.8 Å². The van der Waals surface area contributed by atoms with Crippen molar-refractivity contribution in [1.82, 2.24) is 5.32 Å². The van der Waals surface area contributed by atoms with Gasteiger partial charge in [-0.15, -0.1) is 0 Å². The Morgan fingerprint density at radius 1 is 1.10 bits per heavy atom. The number of carbonyl (C=O) groups excluding carboxylic acids is 1. The fourth-order valence-corrected chi connectivity index (χ4v) is 3.58. The van der Waals surface area contributed by atoms with Gasteiger partial charge in [0.05, 0.1) is 5.92 Å². The van der Waals surface area contributed by atoms with Crippen LogP contribution < -0.4 is 11.1 Å². The number of carbonyl (C=O) groups is 1. The number of rotatable bonds is 4. The fraction of sp³-hybridized carbons (Fsp3) is 0.933.